The van der Waals surface area contributed by atoms with Crippen LogP contribution in [0, 0.1) is 5.92 Å². The van der Waals surface area contributed by atoms with Crippen LogP contribution in [0.3, 0.4) is 0 Å². The first kappa shape index (κ1) is 8.17. The van der Waals surface area contributed by atoms with Gasteiger partial charge in [-0.3, -0.25) is 4.79 Å². The van der Waals surface area contributed by atoms with Crippen LogP contribution in [0.2, 0.25) is 0 Å². The van der Waals surface area contributed by atoms with E-state index in [2.05, 4.69) is 0 Å². The highest BCUT2D eigenvalue weighted by Crippen LogP contribution is 2.41. The van der Waals surface area contributed by atoms with Crippen molar-refractivity contribution >= 4 is 5.78 Å². The molecule has 0 aliphatic carbocycles. The lowest BCUT2D eigenvalue weighted by atomic mass is 9.86. The molecule has 2 heterocycles. The van der Waals surface area contributed by atoms with Gasteiger partial charge in [-0.25, -0.2) is 4.39 Å². The van der Waals surface area contributed by atoms with Gasteiger partial charge < -0.3 is 4.74 Å². The normalized spacial score (nSPS) is 52.9. The highest BCUT2D eigenvalue weighted by molar-refractivity contribution is 5.90. The molecule has 0 saturated carbocycles. The fourth-order valence-electron chi connectivity index (χ4n) is 2.20. The van der Waals surface area contributed by atoms with Crippen molar-refractivity contribution < 1.29 is 13.9 Å². The number of halogens is 1. The molecule has 2 aliphatic rings. The van der Waals surface area contributed by atoms with Crippen molar-refractivity contribution in [1.29, 1.82) is 0 Å². The van der Waals surface area contributed by atoms with Gasteiger partial charge >= 0.3 is 0 Å². The molecule has 0 amide bonds. The zero-order valence-electron chi connectivity index (χ0n) is 7.34. The fourth-order valence-corrected chi connectivity index (χ4v) is 2.20. The van der Waals surface area contributed by atoms with Gasteiger partial charge in [0.2, 0.25) is 0 Å². The van der Waals surface area contributed by atoms with Crippen molar-refractivity contribution in [2.24, 2.45) is 5.92 Å². The summed E-state index contributed by atoms with van der Waals surface area (Å²) in [6.45, 7) is 3.10. The number of ketones is 1. The summed E-state index contributed by atoms with van der Waals surface area (Å²) in [6, 6.07) is 0. The molecular weight excluding hydrogens is 159 g/mol. The summed E-state index contributed by atoms with van der Waals surface area (Å²) in [4.78, 5) is 11.5. The number of carbonyl (C=O) groups is 1. The first-order chi connectivity index (χ1) is 5.53. The molecule has 0 aromatic heterocycles. The number of Topliss-reactive ketones (excluding diaryl/α,β-unsaturated/α-hetero) is 1. The largest absolute Gasteiger partial charge is 0.370 e. The molecule has 2 bridgehead atoms. The predicted octanol–water partition coefficient (Wildman–Crippen LogP) is 1.48. The van der Waals surface area contributed by atoms with Gasteiger partial charge in [0.05, 0.1) is 12.2 Å². The SMILES string of the molecule is CC1C(=O)C(C)(F)C2CCC1O2. The van der Waals surface area contributed by atoms with Gasteiger partial charge in [-0.1, -0.05) is 6.92 Å². The molecule has 0 aromatic carbocycles. The molecule has 4 unspecified atom stereocenters. The second-order valence-electron chi connectivity index (χ2n) is 3.97. The number of ether oxygens (including phenoxy) is 1. The van der Waals surface area contributed by atoms with Crippen LogP contribution in [0.25, 0.3) is 0 Å². The van der Waals surface area contributed by atoms with Crippen molar-refractivity contribution in [3.8, 4) is 0 Å². The molecule has 2 fully saturated rings. The lowest BCUT2D eigenvalue weighted by Crippen LogP contribution is -2.51. The summed E-state index contributed by atoms with van der Waals surface area (Å²) in [5.41, 5.74) is -1.74. The van der Waals surface area contributed by atoms with Crippen LogP contribution in [0.1, 0.15) is 26.7 Å². The van der Waals surface area contributed by atoms with Gasteiger partial charge in [0.25, 0.3) is 0 Å². The predicted molar refractivity (Wildman–Crippen MR) is 41.6 cm³/mol. The van der Waals surface area contributed by atoms with Gasteiger partial charge in [0, 0.05) is 5.92 Å². The van der Waals surface area contributed by atoms with Crippen LogP contribution in [0.4, 0.5) is 4.39 Å². The average molecular weight is 172 g/mol. The van der Waals surface area contributed by atoms with Crippen LogP contribution >= 0.6 is 0 Å². The maximum atomic E-state index is 13.7. The summed E-state index contributed by atoms with van der Waals surface area (Å²) in [7, 11) is 0. The van der Waals surface area contributed by atoms with E-state index in [0.29, 0.717) is 6.42 Å². The van der Waals surface area contributed by atoms with Gasteiger partial charge in [0.15, 0.2) is 11.5 Å². The molecule has 0 radical (unpaired) electrons. The molecule has 2 rings (SSSR count). The number of fused-ring (bicyclic) bond motifs is 2. The van der Waals surface area contributed by atoms with E-state index in [1.54, 1.807) is 6.92 Å². The smallest absolute Gasteiger partial charge is 0.192 e. The maximum absolute atomic E-state index is 13.7. The Morgan fingerprint density at radius 2 is 2.25 bits per heavy atom. The Balaban J connectivity index is 2.33. The standard InChI is InChI=1S/C9H13FO2/c1-5-6-3-4-7(12-6)9(2,10)8(5)11/h5-7H,3-4H2,1-2H3. The van der Waals surface area contributed by atoms with E-state index >= 15 is 0 Å². The minimum absolute atomic E-state index is 0.0219. The van der Waals surface area contributed by atoms with E-state index in [1.165, 1.54) is 6.92 Å². The number of hydrogen-bond donors (Lipinski definition) is 0. The second kappa shape index (κ2) is 2.28. The van der Waals surface area contributed by atoms with E-state index < -0.39 is 11.8 Å². The van der Waals surface area contributed by atoms with Crippen molar-refractivity contribution in [2.45, 2.75) is 44.6 Å². The van der Waals surface area contributed by atoms with Gasteiger partial charge in [-0.15, -0.1) is 0 Å². The minimum Gasteiger partial charge on any atom is -0.370 e. The van der Waals surface area contributed by atoms with Crippen LogP contribution in [-0.2, 0) is 9.53 Å². The van der Waals surface area contributed by atoms with Crippen LogP contribution < -0.4 is 0 Å². The molecular formula is C9H13FO2. The maximum Gasteiger partial charge on any atom is 0.192 e. The Hall–Kier alpha value is -0.440. The van der Waals surface area contributed by atoms with Crippen LogP contribution in [0.5, 0.6) is 0 Å². The Labute approximate surface area is 71.1 Å². The van der Waals surface area contributed by atoms with E-state index in [1.807, 2.05) is 0 Å². The number of rotatable bonds is 0. The van der Waals surface area contributed by atoms with Crippen molar-refractivity contribution in [1.82, 2.24) is 0 Å². The summed E-state index contributed by atoms with van der Waals surface area (Å²) in [5.74, 6) is -0.542. The molecule has 0 spiro atoms. The summed E-state index contributed by atoms with van der Waals surface area (Å²) >= 11 is 0. The third-order valence-electron chi connectivity index (χ3n) is 3.11. The Kier molecular flexibility index (Phi) is 1.55. The minimum atomic E-state index is -1.74. The highest BCUT2D eigenvalue weighted by atomic mass is 19.1. The Morgan fingerprint density at radius 3 is 2.92 bits per heavy atom. The van der Waals surface area contributed by atoms with Crippen LogP contribution in [-0.4, -0.2) is 23.7 Å². The number of hydrogen-bond acceptors (Lipinski definition) is 2. The van der Waals surface area contributed by atoms with Crippen molar-refractivity contribution in [3.05, 3.63) is 0 Å². The summed E-state index contributed by atoms with van der Waals surface area (Å²) in [6.07, 6.45) is 1.02. The first-order valence-electron chi connectivity index (χ1n) is 4.42. The lowest BCUT2D eigenvalue weighted by molar-refractivity contribution is -0.162. The quantitative estimate of drug-likeness (QED) is 0.553. The number of alkyl halides is 1. The van der Waals surface area contributed by atoms with Crippen LogP contribution in [0.15, 0.2) is 0 Å². The van der Waals surface area contributed by atoms with E-state index in [4.69, 9.17) is 4.74 Å². The van der Waals surface area contributed by atoms with E-state index in [0.717, 1.165) is 6.42 Å². The van der Waals surface area contributed by atoms with E-state index in [-0.39, 0.29) is 17.8 Å². The molecule has 0 aromatic rings. The zero-order chi connectivity index (χ0) is 8.93. The molecule has 12 heavy (non-hydrogen) atoms. The summed E-state index contributed by atoms with van der Waals surface area (Å²) in [5, 5.41) is 0. The molecule has 0 N–H and O–H groups in total. The Morgan fingerprint density at radius 1 is 1.58 bits per heavy atom. The topological polar surface area (TPSA) is 26.3 Å². The molecule has 2 aliphatic heterocycles. The zero-order valence-corrected chi connectivity index (χ0v) is 7.34. The van der Waals surface area contributed by atoms with Gasteiger partial charge in [-0.05, 0) is 19.8 Å². The lowest BCUT2D eigenvalue weighted by Gasteiger charge is -2.34. The Bertz CT molecular complexity index is 225. The molecule has 3 heteroatoms. The third-order valence-corrected chi connectivity index (χ3v) is 3.11. The first-order valence-corrected chi connectivity index (χ1v) is 4.42. The van der Waals surface area contributed by atoms with Gasteiger partial charge in [0.1, 0.15) is 0 Å². The van der Waals surface area contributed by atoms with Gasteiger partial charge in [-0.2, -0.15) is 0 Å². The average Bonchev–Trinajstić information content (AvgIpc) is 2.46. The summed E-state index contributed by atoms with van der Waals surface area (Å²) < 4.78 is 19.1. The monoisotopic (exact) mass is 172 g/mol. The van der Waals surface area contributed by atoms with Crippen molar-refractivity contribution in [2.75, 3.05) is 0 Å². The highest BCUT2D eigenvalue weighted by Gasteiger charge is 2.55. The third kappa shape index (κ3) is 0.859. The second-order valence-corrected chi connectivity index (χ2v) is 3.97. The van der Waals surface area contributed by atoms with E-state index in [9.17, 15) is 9.18 Å². The molecule has 2 saturated heterocycles. The fraction of sp³-hybridized carbons (Fsp3) is 0.889. The molecule has 4 atom stereocenters. The van der Waals surface area contributed by atoms with Crippen molar-refractivity contribution in [3.63, 3.8) is 0 Å². The molecule has 68 valence electrons. The number of carbonyl (C=O) groups excluding carboxylic acids is 1. The molecule has 2 nitrogen and oxygen atoms in total.